The molecule has 0 atom stereocenters. The molecule has 3 aromatic rings. The third-order valence-corrected chi connectivity index (χ3v) is 3.99. The van der Waals surface area contributed by atoms with Gasteiger partial charge in [0, 0.05) is 26.0 Å². The van der Waals surface area contributed by atoms with Crippen LogP contribution in [-0.4, -0.2) is 35.9 Å². The van der Waals surface area contributed by atoms with Gasteiger partial charge in [-0.1, -0.05) is 42.5 Å². The summed E-state index contributed by atoms with van der Waals surface area (Å²) in [7, 11) is 1.77. The fourth-order valence-electron chi connectivity index (χ4n) is 2.68. The second kappa shape index (κ2) is 12.0. The van der Waals surface area contributed by atoms with E-state index in [9.17, 15) is 0 Å². The second-order valence-electron chi connectivity index (χ2n) is 6.04. The Bertz CT molecular complexity index is 837. The molecule has 1 heterocycles. The highest BCUT2D eigenvalue weighted by atomic mass is 127. The van der Waals surface area contributed by atoms with E-state index in [4.69, 9.17) is 4.74 Å². The van der Waals surface area contributed by atoms with Gasteiger partial charge in [-0.15, -0.1) is 24.0 Å². The maximum absolute atomic E-state index is 5.68. The van der Waals surface area contributed by atoms with Gasteiger partial charge in [0.1, 0.15) is 12.4 Å². The first-order chi connectivity index (χ1) is 13.3. The Morgan fingerprint density at radius 1 is 1.04 bits per heavy atom. The van der Waals surface area contributed by atoms with Gasteiger partial charge in [-0.25, -0.2) is 0 Å². The van der Waals surface area contributed by atoms with Crippen molar-refractivity contribution in [1.82, 2.24) is 20.4 Å². The van der Waals surface area contributed by atoms with Crippen molar-refractivity contribution in [1.29, 1.82) is 0 Å². The molecule has 2 N–H and O–H groups in total. The van der Waals surface area contributed by atoms with Gasteiger partial charge in [0.15, 0.2) is 5.96 Å². The molecule has 0 radical (unpaired) electrons. The molecule has 28 heavy (non-hydrogen) atoms. The number of aliphatic imine (C=N–C) groups is 1. The summed E-state index contributed by atoms with van der Waals surface area (Å²) in [4.78, 5) is 4.26. The smallest absolute Gasteiger partial charge is 0.191 e. The first-order valence-corrected chi connectivity index (χ1v) is 9.01. The molecule has 0 aliphatic carbocycles. The summed E-state index contributed by atoms with van der Waals surface area (Å²) in [6, 6.07) is 20.2. The normalized spacial score (nSPS) is 10.8. The number of ether oxygens (including phenoxy) is 1. The monoisotopic (exact) mass is 491 g/mol. The summed E-state index contributed by atoms with van der Waals surface area (Å²) < 4.78 is 7.59. The molecule has 7 heteroatoms. The zero-order chi connectivity index (χ0) is 18.7. The van der Waals surface area contributed by atoms with E-state index in [2.05, 4.69) is 45.0 Å². The van der Waals surface area contributed by atoms with Crippen LogP contribution in [0.25, 0.3) is 0 Å². The minimum absolute atomic E-state index is 0. The zero-order valence-electron chi connectivity index (χ0n) is 15.9. The number of benzene rings is 2. The second-order valence-corrected chi connectivity index (χ2v) is 6.04. The van der Waals surface area contributed by atoms with Crippen molar-refractivity contribution < 1.29 is 4.74 Å². The van der Waals surface area contributed by atoms with E-state index >= 15 is 0 Å². The van der Waals surface area contributed by atoms with E-state index in [1.165, 1.54) is 11.1 Å². The Morgan fingerprint density at radius 3 is 2.61 bits per heavy atom. The number of guanidine groups is 1. The number of nitrogens with one attached hydrogen (secondary N) is 2. The molecule has 0 saturated heterocycles. The lowest BCUT2D eigenvalue weighted by Crippen LogP contribution is -2.38. The molecule has 0 spiro atoms. The molecule has 2 aromatic carbocycles. The predicted octanol–water partition coefficient (Wildman–Crippen LogP) is 3.29. The predicted molar refractivity (Wildman–Crippen MR) is 123 cm³/mol. The third-order valence-electron chi connectivity index (χ3n) is 3.99. The van der Waals surface area contributed by atoms with Crippen LogP contribution in [-0.2, 0) is 13.1 Å². The molecule has 148 valence electrons. The van der Waals surface area contributed by atoms with Crippen molar-refractivity contribution in [3.63, 3.8) is 0 Å². The highest BCUT2D eigenvalue weighted by Gasteiger charge is 2.01. The van der Waals surface area contributed by atoms with Crippen LogP contribution in [0.3, 0.4) is 0 Å². The maximum atomic E-state index is 5.68. The first-order valence-electron chi connectivity index (χ1n) is 9.01. The van der Waals surface area contributed by atoms with Crippen LogP contribution >= 0.6 is 24.0 Å². The maximum Gasteiger partial charge on any atom is 0.191 e. The Morgan fingerprint density at radius 2 is 1.86 bits per heavy atom. The van der Waals surface area contributed by atoms with Gasteiger partial charge < -0.3 is 15.4 Å². The molecule has 0 bridgehead atoms. The van der Waals surface area contributed by atoms with Crippen LogP contribution in [0.1, 0.15) is 11.1 Å². The van der Waals surface area contributed by atoms with Crippen molar-refractivity contribution in [2.45, 2.75) is 13.1 Å². The van der Waals surface area contributed by atoms with Crippen LogP contribution in [0.5, 0.6) is 5.75 Å². The average molecular weight is 491 g/mol. The van der Waals surface area contributed by atoms with Gasteiger partial charge in [-0.3, -0.25) is 9.67 Å². The van der Waals surface area contributed by atoms with E-state index in [0.717, 1.165) is 18.3 Å². The van der Waals surface area contributed by atoms with Crippen LogP contribution < -0.4 is 15.4 Å². The lowest BCUT2D eigenvalue weighted by Gasteiger charge is -2.13. The molecular weight excluding hydrogens is 465 g/mol. The number of hydrogen-bond acceptors (Lipinski definition) is 3. The number of halogens is 1. The lowest BCUT2D eigenvalue weighted by molar-refractivity contribution is 0.322. The summed E-state index contributed by atoms with van der Waals surface area (Å²) in [5.74, 6) is 1.63. The van der Waals surface area contributed by atoms with E-state index in [0.29, 0.717) is 19.7 Å². The summed E-state index contributed by atoms with van der Waals surface area (Å²) >= 11 is 0. The summed E-state index contributed by atoms with van der Waals surface area (Å²) in [5.41, 5.74) is 2.42. The van der Waals surface area contributed by atoms with Gasteiger partial charge in [-0.2, -0.15) is 5.10 Å². The van der Waals surface area contributed by atoms with Crippen LogP contribution in [0, 0.1) is 0 Å². The topological polar surface area (TPSA) is 63.5 Å². The Hall–Kier alpha value is -2.55. The SMILES string of the molecule is CN=C(NCCOc1ccccc1)NCc1cccc(Cn2cccn2)c1.I. The van der Waals surface area contributed by atoms with E-state index < -0.39 is 0 Å². The summed E-state index contributed by atoms with van der Waals surface area (Å²) in [6.45, 7) is 2.72. The number of para-hydroxylation sites is 1. The fraction of sp³-hybridized carbons (Fsp3) is 0.238. The van der Waals surface area contributed by atoms with Gasteiger partial charge in [0.25, 0.3) is 0 Å². The average Bonchev–Trinajstić information content (AvgIpc) is 3.21. The minimum atomic E-state index is 0. The Kier molecular flexibility index (Phi) is 9.33. The van der Waals surface area contributed by atoms with Crippen molar-refractivity contribution in [3.05, 3.63) is 84.2 Å². The Balaban J connectivity index is 0.00000280. The third kappa shape index (κ3) is 7.22. The van der Waals surface area contributed by atoms with Gasteiger partial charge in [-0.05, 0) is 29.3 Å². The standard InChI is InChI=1S/C21H25N5O.HI/c1-22-21(23-12-14-27-20-9-3-2-4-10-20)24-16-18-7-5-8-19(15-18)17-26-13-6-11-25-26;/h2-11,13,15H,12,14,16-17H2,1H3,(H2,22,23,24);1H. The molecule has 3 rings (SSSR count). The highest BCUT2D eigenvalue weighted by molar-refractivity contribution is 14.0. The quantitative estimate of drug-likeness (QED) is 0.220. The van der Waals surface area contributed by atoms with Gasteiger partial charge in [0.05, 0.1) is 13.1 Å². The van der Waals surface area contributed by atoms with Crippen LogP contribution in [0.4, 0.5) is 0 Å². The van der Waals surface area contributed by atoms with Crippen molar-refractivity contribution in [2.24, 2.45) is 4.99 Å². The summed E-state index contributed by atoms with van der Waals surface area (Å²) in [6.07, 6.45) is 3.76. The van der Waals surface area contributed by atoms with E-state index in [-0.39, 0.29) is 24.0 Å². The molecule has 0 fully saturated rings. The Labute approximate surface area is 183 Å². The van der Waals surface area contributed by atoms with Crippen molar-refractivity contribution in [2.75, 3.05) is 20.2 Å². The molecule has 0 amide bonds. The highest BCUT2D eigenvalue weighted by Crippen LogP contribution is 2.08. The molecule has 0 aliphatic rings. The number of hydrogen-bond donors (Lipinski definition) is 2. The number of aromatic nitrogens is 2. The zero-order valence-corrected chi connectivity index (χ0v) is 18.2. The largest absolute Gasteiger partial charge is 0.492 e. The van der Waals surface area contributed by atoms with Crippen molar-refractivity contribution >= 4 is 29.9 Å². The molecule has 0 unspecified atom stereocenters. The lowest BCUT2D eigenvalue weighted by atomic mass is 10.1. The number of nitrogens with zero attached hydrogens (tertiary/aromatic N) is 3. The van der Waals surface area contributed by atoms with Crippen LogP contribution in [0.15, 0.2) is 78.0 Å². The minimum Gasteiger partial charge on any atom is -0.492 e. The molecule has 0 saturated carbocycles. The molecule has 6 nitrogen and oxygen atoms in total. The van der Waals surface area contributed by atoms with Gasteiger partial charge >= 0.3 is 0 Å². The van der Waals surface area contributed by atoms with E-state index in [1.54, 1.807) is 13.2 Å². The van der Waals surface area contributed by atoms with Crippen molar-refractivity contribution in [3.8, 4) is 5.75 Å². The van der Waals surface area contributed by atoms with E-state index in [1.807, 2.05) is 47.3 Å². The van der Waals surface area contributed by atoms with Gasteiger partial charge in [0.2, 0.25) is 0 Å². The molecule has 1 aromatic heterocycles. The van der Waals surface area contributed by atoms with Crippen LogP contribution in [0.2, 0.25) is 0 Å². The summed E-state index contributed by atoms with van der Waals surface area (Å²) in [5, 5.41) is 10.8. The first kappa shape index (κ1) is 21.7. The molecule has 0 aliphatic heterocycles. The molecular formula is C21H26IN5O. The fourth-order valence-corrected chi connectivity index (χ4v) is 2.68. The number of rotatable bonds is 8.